The van der Waals surface area contributed by atoms with Crippen LogP contribution < -0.4 is 25.6 Å². The van der Waals surface area contributed by atoms with Crippen LogP contribution in [0.2, 0.25) is 0 Å². The summed E-state index contributed by atoms with van der Waals surface area (Å²) in [5.41, 5.74) is 3.38. The SMILES string of the molecule is C=Cc1cc(Nc2ncc(Br)c(Nc3ccc4nccnc4c3P(C)(C)=O)n2)c(OC)nc1N1CCC(N2C=CCN(C)C=C2)CC1.O=C(O)C(F)(F)F. The first-order chi connectivity index (χ1) is 25.6. The summed E-state index contributed by atoms with van der Waals surface area (Å²) in [5, 5.41) is 14.3. The molecule has 2 aliphatic rings. The Bertz CT molecular complexity index is 2120. The van der Waals surface area contributed by atoms with Crippen molar-refractivity contribution in [1.29, 1.82) is 0 Å². The van der Waals surface area contributed by atoms with E-state index in [2.05, 4.69) is 94.5 Å². The van der Waals surface area contributed by atoms with Crippen molar-refractivity contribution >= 4 is 80.4 Å². The molecule has 3 N–H and O–H groups in total. The highest BCUT2D eigenvalue weighted by atomic mass is 79.9. The highest BCUT2D eigenvalue weighted by Crippen LogP contribution is 2.41. The number of carbonyl (C=O) groups is 1. The van der Waals surface area contributed by atoms with E-state index in [1.54, 1.807) is 39.0 Å². The molecule has 54 heavy (non-hydrogen) atoms. The quantitative estimate of drug-likeness (QED) is 0.151. The van der Waals surface area contributed by atoms with E-state index in [1.165, 1.54) is 0 Å². The van der Waals surface area contributed by atoms with Crippen LogP contribution in [0.15, 0.2) is 72.5 Å². The van der Waals surface area contributed by atoms with Crippen LogP contribution in [0, 0.1) is 0 Å². The minimum absolute atomic E-state index is 0.321. The summed E-state index contributed by atoms with van der Waals surface area (Å²) in [4.78, 5) is 38.7. The maximum absolute atomic E-state index is 13.4. The maximum atomic E-state index is 13.4. The molecule has 5 heterocycles. The summed E-state index contributed by atoms with van der Waals surface area (Å²) >= 11 is 3.56. The molecule has 2 aliphatic heterocycles. The number of aliphatic carboxylic acids is 1. The van der Waals surface area contributed by atoms with E-state index in [0.717, 1.165) is 43.9 Å². The number of hydrogen-bond acceptors (Lipinski definition) is 13. The Balaban J connectivity index is 0.000000730. The van der Waals surface area contributed by atoms with Crippen molar-refractivity contribution in [3.8, 4) is 5.88 Å². The summed E-state index contributed by atoms with van der Waals surface area (Å²) < 4.78 is 51.5. The molecule has 0 amide bonds. The van der Waals surface area contributed by atoms with Crippen LogP contribution in [0.5, 0.6) is 5.88 Å². The molecule has 6 rings (SSSR count). The molecular weight excluding hydrogens is 792 g/mol. The van der Waals surface area contributed by atoms with Gasteiger partial charge < -0.3 is 39.7 Å². The zero-order valence-electron chi connectivity index (χ0n) is 29.9. The predicted molar refractivity (Wildman–Crippen MR) is 207 cm³/mol. The molecule has 0 spiro atoms. The van der Waals surface area contributed by atoms with Gasteiger partial charge in [0.15, 0.2) is 0 Å². The second-order valence-corrected chi connectivity index (χ2v) is 16.6. The number of alkyl halides is 3. The van der Waals surface area contributed by atoms with Gasteiger partial charge in [0.1, 0.15) is 30.0 Å². The first-order valence-electron chi connectivity index (χ1n) is 16.5. The molecule has 4 aromatic rings. The normalized spacial score (nSPS) is 15.0. The second kappa shape index (κ2) is 16.8. The Morgan fingerprint density at radius 2 is 1.78 bits per heavy atom. The number of piperidine rings is 1. The number of benzene rings is 1. The molecule has 0 bridgehead atoms. The molecule has 286 valence electrons. The predicted octanol–water partition coefficient (Wildman–Crippen LogP) is 6.80. The molecule has 0 saturated carbocycles. The molecule has 0 radical (unpaired) electrons. The monoisotopic (exact) mass is 830 g/mol. The van der Waals surface area contributed by atoms with Gasteiger partial charge in [0, 0.05) is 75.5 Å². The van der Waals surface area contributed by atoms with Gasteiger partial charge in [0.2, 0.25) is 11.8 Å². The molecule has 3 aromatic heterocycles. The molecule has 0 aliphatic carbocycles. The number of pyridine rings is 1. The van der Waals surface area contributed by atoms with Gasteiger partial charge in [-0.05, 0) is 66.4 Å². The fourth-order valence-electron chi connectivity index (χ4n) is 5.84. The Labute approximate surface area is 318 Å². The van der Waals surface area contributed by atoms with E-state index >= 15 is 0 Å². The molecule has 14 nitrogen and oxygen atoms in total. The second-order valence-electron chi connectivity index (χ2n) is 12.6. The number of rotatable bonds is 9. The third-order valence-electron chi connectivity index (χ3n) is 8.40. The summed E-state index contributed by atoms with van der Waals surface area (Å²) in [6, 6.07) is 6.08. The van der Waals surface area contributed by atoms with Crippen LogP contribution >= 0.6 is 23.1 Å². The van der Waals surface area contributed by atoms with Gasteiger partial charge in [-0.1, -0.05) is 12.7 Å². The molecular formula is C35H39BrF3N10O4P. The van der Waals surface area contributed by atoms with Gasteiger partial charge in [-0.25, -0.2) is 9.78 Å². The number of methoxy groups -OCH3 is 1. The van der Waals surface area contributed by atoms with Crippen molar-refractivity contribution in [3.63, 3.8) is 0 Å². The average Bonchev–Trinajstić information content (AvgIpc) is 3.36. The summed E-state index contributed by atoms with van der Waals surface area (Å²) in [6.45, 7) is 10.1. The number of nitrogens with zero attached hydrogens (tertiary/aromatic N) is 8. The first kappa shape index (κ1) is 40.0. The number of carboxylic acids is 1. The van der Waals surface area contributed by atoms with Crippen molar-refractivity contribution in [1.82, 2.24) is 34.7 Å². The summed E-state index contributed by atoms with van der Waals surface area (Å²) in [5.74, 6) is -0.702. The van der Waals surface area contributed by atoms with E-state index in [0.29, 0.717) is 55.9 Å². The van der Waals surface area contributed by atoms with Crippen molar-refractivity contribution in [3.05, 3.63) is 78.1 Å². The van der Waals surface area contributed by atoms with Crippen LogP contribution in [0.1, 0.15) is 18.4 Å². The van der Waals surface area contributed by atoms with E-state index in [1.807, 2.05) is 24.3 Å². The Kier molecular flexibility index (Phi) is 12.5. The number of halogens is 4. The summed E-state index contributed by atoms with van der Waals surface area (Å²) in [7, 11) is 0.917. The van der Waals surface area contributed by atoms with E-state index in [9.17, 15) is 17.7 Å². The fourth-order valence-corrected chi connectivity index (χ4v) is 7.52. The van der Waals surface area contributed by atoms with Gasteiger partial charge >= 0.3 is 12.1 Å². The van der Waals surface area contributed by atoms with Crippen LogP contribution in [0.3, 0.4) is 0 Å². The minimum atomic E-state index is -5.08. The molecule has 1 fully saturated rings. The highest BCUT2D eigenvalue weighted by molar-refractivity contribution is 9.10. The number of carboxylic acid groups (broad SMARTS) is 1. The van der Waals surface area contributed by atoms with Crippen LogP contribution in [-0.4, -0.2) is 105 Å². The van der Waals surface area contributed by atoms with E-state index in [4.69, 9.17) is 24.6 Å². The smallest absolute Gasteiger partial charge is 0.479 e. The van der Waals surface area contributed by atoms with Gasteiger partial charge in [-0.15, -0.1) is 0 Å². The molecule has 0 atom stereocenters. The maximum Gasteiger partial charge on any atom is 0.490 e. The number of anilines is 5. The number of likely N-dealkylation sites (N-methyl/N-ethyl adjacent to an activating group) is 1. The lowest BCUT2D eigenvalue weighted by Crippen LogP contribution is -2.41. The minimum Gasteiger partial charge on any atom is -0.479 e. The number of aromatic nitrogens is 5. The molecule has 19 heteroatoms. The average molecular weight is 832 g/mol. The third kappa shape index (κ3) is 9.65. The first-order valence-corrected chi connectivity index (χ1v) is 19.9. The van der Waals surface area contributed by atoms with Crippen molar-refractivity contribution in [2.24, 2.45) is 0 Å². The number of nitrogens with one attached hydrogen (secondary N) is 2. The van der Waals surface area contributed by atoms with Gasteiger partial charge in [0.05, 0.1) is 28.1 Å². The standard InChI is InChI=1S/C33H38BrN10O2P.C2HF3O2/c1-6-22-20-27(32(46-3)41-31(22)44-16-10-23(11-17-44)43-15-7-14-42(2)18-19-43)39-33-37-21-24(34)30(40-33)38-26-9-8-25-28(36-13-12-35-25)29(26)47(4,5)45;3-2(4,5)1(6)7/h6-9,12-13,15,18-21,23H,1,10-11,14,16-17H2,2-5H3,(H2,37,38,39,40);(H,6,7). The van der Waals surface area contributed by atoms with Crippen LogP contribution in [0.25, 0.3) is 17.1 Å². The van der Waals surface area contributed by atoms with Crippen LogP contribution in [-0.2, 0) is 9.36 Å². The number of hydrogen-bond donors (Lipinski definition) is 3. The Morgan fingerprint density at radius 3 is 2.43 bits per heavy atom. The van der Waals surface area contributed by atoms with Gasteiger partial charge in [-0.2, -0.15) is 23.1 Å². The van der Waals surface area contributed by atoms with Crippen molar-refractivity contribution in [2.45, 2.75) is 25.1 Å². The molecule has 1 aromatic carbocycles. The Hall–Kier alpha value is -5.22. The topological polar surface area (TPSA) is 162 Å². The van der Waals surface area contributed by atoms with Crippen molar-refractivity contribution in [2.75, 3.05) is 62.7 Å². The van der Waals surface area contributed by atoms with Crippen LogP contribution in [0.4, 0.5) is 42.1 Å². The van der Waals surface area contributed by atoms with E-state index in [-0.39, 0.29) is 0 Å². The summed E-state index contributed by atoms with van der Waals surface area (Å²) in [6.07, 6.45) is 12.3. The zero-order valence-corrected chi connectivity index (χ0v) is 32.4. The fraction of sp³-hybridized carbons (Fsp3) is 0.314. The molecule has 0 unspecified atom stereocenters. The van der Waals surface area contributed by atoms with Crippen molar-refractivity contribution < 1.29 is 32.4 Å². The molecule has 1 saturated heterocycles. The lowest BCUT2D eigenvalue weighted by Gasteiger charge is -2.37. The van der Waals surface area contributed by atoms with Gasteiger partial charge in [0.25, 0.3) is 0 Å². The Morgan fingerprint density at radius 1 is 1.07 bits per heavy atom. The number of fused-ring (bicyclic) bond motifs is 1. The lowest BCUT2D eigenvalue weighted by molar-refractivity contribution is -0.192. The largest absolute Gasteiger partial charge is 0.490 e. The number of ether oxygens (including phenoxy) is 1. The third-order valence-corrected chi connectivity index (χ3v) is 10.5. The zero-order chi connectivity index (χ0) is 39.2. The lowest BCUT2D eigenvalue weighted by atomic mass is 10.0. The van der Waals surface area contributed by atoms with E-state index < -0.39 is 19.3 Å². The highest BCUT2D eigenvalue weighted by Gasteiger charge is 2.38. The van der Waals surface area contributed by atoms with Gasteiger partial charge in [-0.3, -0.25) is 9.97 Å².